The van der Waals surface area contributed by atoms with Crippen molar-refractivity contribution in [3.63, 3.8) is 0 Å². The van der Waals surface area contributed by atoms with Crippen molar-refractivity contribution in [2.24, 2.45) is 0 Å². The molecule has 2 N–H and O–H groups in total. The Morgan fingerprint density at radius 2 is 2.29 bits per heavy atom. The van der Waals surface area contributed by atoms with Gasteiger partial charge in [-0.2, -0.15) is 4.98 Å². The minimum atomic E-state index is -0.293. The van der Waals surface area contributed by atoms with E-state index in [0.717, 1.165) is 32.6 Å². The molecule has 1 saturated heterocycles. The van der Waals surface area contributed by atoms with Crippen LogP contribution in [0.1, 0.15) is 18.7 Å². The molecule has 1 atom stereocenters. The van der Waals surface area contributed by atoms with E-state index in [1.807, 2.05) is 0 Å². The van der Waals surface area contributed by atoms with E-state index in [4.69, 9.17) is 0 Å². The molecule has 2 rings (SSSR count). The summed E-state index contributed by atoms with van der Waals surface area (Å²) in [6, 6.07) is 0. The second-order valence-electron chi connectivity index (χ2n) is 4.46. The molecule has 0 spiro atoms. The number of nitrogens with zero attached hydrogens (tertiary/aromatic N) is 3. The Morgan fingerprint density at radius 1 is 1.47 bits per heavy atom. The summed E-state index contributed by atoms with van der Waals surface area (Å²) in [7, 11) is 0. The van der Waals surface area contributed by atoms with Gasteiger partial charge in [-0.25, -0.2) is 0 Å². The quantitative estimate of drug-likeness (QED) is 0.635. The van der Waals surface area contributed by atoms with Crippen LogP contribution in [0.4, 0.5) is 0 Å². The molecule has 6 nitrogen and oxygen atoms in total. The smallest absolute Gasteiger partial charge is 0.213 e. The normalized spacial score (nSPS) is 18.6. The lowest BCUT2D eigenvalue weighted by molar-refractivity contribution is 0.124. The van der Waals surface area contributed by atoms with Gasteiger partial charge in [0.15, 0.2) is 5.82 Å². The van der Waals surface area contributed by atoms with Crippen molar-refractivity contribution in [3.8, 4) is 0 Å². The largest absolute Gasteiger partial charge is 0.390 e. The first-order valence-corrected chi connectivity index (χ1v) is 6.21. The van der Waals surface area contributed by atoms with Gasteiger partial charge in [-0.15, -0.1) is 0 Å². The minimum absolute atomic E-state index is 0.293. The SMILES string of the molecule is OC(CNCCc1ncon1)CN1CCCC1. The fourth-order valence-corrected chi connectivity index (χ4v) is 2.10. The van der Waals surface area contributed by atoms with Crippen molar-refractivity contribution in [1.82, 2.24) is 20.4 Å². The van der Waals surface area contributed by atoms with Crippen molar-refractivity contribution in [2.75, 3.05) is 32.7 Å². The molecule has 1 aliphatic heterocycles. The second-order valence-corrected chi connectivity index (χ2v) is 4.46. The first-order valence-electron chi connectivity index (χ1n) is 6.21. The number of hydrogen-bond acceptors (Lipinski definition) is 6. The molecule has 1 aromatic heterocycles. The van der Waals surface area contributed by atoms with E-state index in [9.17, 15) is 5.11 Å². The van der Waals surface area contributed by atoms with E-state index in [0.29, 0.717) is 12.4 Å². The van der Waals surface area contributed by atoms with Crippen LogP contribution < -0.4 is 5.32 Å². The van der Waals surface area contributed by atoms with E-state index in [-0.39, 0.29) is 6.10 Å². The lowest BCUT2D eigenvalue weighted by Crippen LogP contribution is -2.37. The van der Waals surface area contributed by atoms with Crippen LogP contribution in [-0.4, -0.2) is 59.0 Å². The van der Waals surface area contributed by atoms with Gasteiger partial charge >= 0.3 is 0 Å². The monoisotopic (exact) mass is 240 g/mol. The average molecular weight is 240 g/mol. The van der Waals surface area contributed by atoms with Crippen LogP contribution in [0.3, 0.4) is 0 Å². The molecular formula is C11H20N4O2. The number of hydrogen-bond donors (Lipinski definition) is 2. The Morgan fingerprint density at radius 3 is 3.00 bits per heavy atom. The van der Waals surface area contributed by atoms with Crippen molar-refractivity contribution in [2.45, 2.75) is 25.4 Å². The van der Waals surface area contributed by atoms with Gasteiger partial charge in [-0.3, -0.25) is 0 Å². The highest BCUT2D eigenvalue weighted by Gasteiger charge is 2.15. The minimum Gasteiger partial charge on any atom is -0.390 e. The molecular weight excluding hydrogens is 220 g/mol. The maximum Gasteiger partial charge on any atom is 0.213 e. The van der Waals surface area contributed by atoms with Crippen LogP contribution in [0.2, 0.25) is 0 Å². The first-order chi connectivity index (χ1) is 8.34. The molecule has 2 heterocycles. The molecule has 0 bridgehead atoms. The van der Waals surface area contributed by atoms with Crippen molar-refractivity contribution in [1.29, 1.82) is 0 Å². The lowest BCUT2D eigenvalue weighted by atomic mass is 10.3. The van der Waals surface area contributed by atoms with Crippen LogP contribution in [0, 0.1) is 0 Å². The Balaban J connectivity index is 1.52. The molecule has 0 aromatic carbocycles. The number of aromatic nitrogens is 2. The number of likely N-dealkylation sites (tertiary alicyclic amines) is 1. The number of aliphatic hydroxyl groups excluding tert-OH is 1. The van der Waals surface area contributed by atoms with Gasteiger partial charge in [-0.1, -0.05) is 5.16 Å². The van der Waals surface area contributed by atoms with E-state index < -0.39 is 0 Å². The summed E-state index contributed by atoms with van der Waals surface area (Å²) in [4.78, 5) is 6.24. The Labute approximate surface area is 101 Å². The molecule has 1 aromatic rings. The van der Waals surface area contributed by atoms with Gasteiger partial charge in [-0.05, 0) is 25.9 Å². The molecule has 0 amide bonds. The highest BCUT2D eigenvalue weighted by Crippen LogP contribution is 2.07. The summed E-state index contributed by atoms with van der Waals surface area (Å²) in [5, 5.41) is 16.7. The van der Waals surface area contributed by atoms with Crippen LogP contribution in [0.25, 0.3) is 0 Å². The predicted molar refractivity (Wildman–Crippen MR) is 62.6 cm³/mol. The maximum atomic E-state index is 9.81. The Bertz CT molecular complexity index is 298. The fourth-order valence-electron chi connectivity index (χ4n) is 2.10. The van der Waals surface area contributed by atoms with E-state index in [1.54, 1.807) is 0 Å². The maximum absolute atomic E-state index is 9.81. The fraction of sp³-hybridized carbons (Fsp3) is 0.818. The van der Waals surface area contributed by atoms with Gasteiger partial charge in [0.05, 0.1) is 6.10 Å². The zero-order chi connectivity index (χ0) is 11.9. The highest BCUT2D eigenvalue weighted by atomic mass is 16.5. The zero-order valence-electron chi connectivity index (χ0n) is 10.0. The predicted octanol–water partition coefficient (Wildman–Crippen LogP) is -0.342. The van der Waals surface area contributed by atoms with Crippen molar-refractivity contribution < 1.29 is 9.63 Å². The third-order valence-corrected chi connectivity index (χ3v) is 2.98. The Kier molecular flexibility index (Phi) is 4.90. The van der Waals surface area contributed by atoms with Crippen LogP contribution in [0.5, 0.6) is 0 Å². The summed E-state index contributed by atoms with van der Waals surface area (Å²) in [5.41, 5.74) is 0. The summed E-state index contributed by atoms with van der Waals surface area (Å²) in [6.07, 6.45) is 4.29. The van der Waals surface area contributed by atoms with E-state index in [1.165, 1.54) is 19.2 Å². The molecule has 0 aliphatic carbocycles. The molecule has 17 heavy (non-hydrogen) atoms. The number of nitrogens with one attached hydrogen (secondary N) is 1. The lowest BCUT2D eigenvalue weighted by Gasteiger charge is -2.19. The van der Waals surface area contributed by atoms with Gasteiger partial charge in [0, 0.05) is 26.1 Å². The topological polar surface area (TPSA) is 74.4 Å². The summed E-state index contributed by atoms with van der Waals surface area (Å²) in [6.45, 7) is 4.40. The van der Waals surface area contributed by atoms with Gasteiger partial charge < -0.3 is 19.8 Å². The van der Waals surface area contributed by atoms with Crippen LogP contribution in [-0.2, 0) is 6.42 Å². The zero-order valence-corrected chi connectivity index (χ0v) is 10.0. The summed E-state index contributed by atoms with van der Waals surface area (Å²) in [5.74, 6) is 0.700. The molecule has 96 valence electrons. The molecule has 0 saturated carbocycles. The summed E-state index contributed by atoms with van der Waals surface area (Å²) < 4.78 is 4.64. The number of rotatable bonds is 7. The van der Waals surface area contributed by atoms with Gasteiger partial charge in [0.2, 0.25) is 6.39 Å². The average Bonchev–Trinajstić information content (AvgIpc) is 2.96. The number of β-amino-alcohol motifs (C(OH)–C–C–N with tert-alkyl or cyclic N) is 1. The second kappa shape index (κ2) is 6.68. The van der Waals surface area contributed by atoms with Crippen LogP contribution >= 0.6 is 0 Å². The molecule has 6 heteroatoms. The molecule has 0 radical (unpaired) electrons. The third-order valence-electron chi connectivity index (χ3n) is 2.98. The van der Waals surface area contributed by atoms with Gasteiger partial charge in [0.25, 0.3) is 0 Å². The van der Waals surface area contributed by atoms with E-state index >= 15 is 0 Å². The Hall–Kier alpha value is -0.980. The first kappa shape index (κ1) is 12.5. The summed E-state index contributed by atoms with van der Waals surface area (Å²) >= 11 is 0. The molecule has 1 aliphatic rings. The van der Waals surface area contributed by atoms with Crippen molar-refractivity contribution in [3.05, 3.63) is 12.2 Å². The molecule has 1 fully saturated rings. The highest BCUT2D eigenvalue weighted by molar-refractivity contribution is 4.79. The van der Waals surface area contributed by atoms with Crippen molar-refractivity contribution >= 4 is 0 Å². The third kappa shape index (κ3) is 4.41. The van der Waals surface area contributed by atoms with Crippen LogP contribution in [0.15, 0.2) is 10.9 Å². The standard InChI is InChI=1S/C11H20N4O2/c16-10(8-15-5-1-2-6-15)7-12-4-3-11-13-9-17-14-11/h9-10,12,16H,1-8H2. The van der Waals surface area contributed by atoms with Gasteiger partial charge in [0.1, 0.15) is 0 Å². The number of aliphatic hydroxyl groups is 1. The van der Waals surface area contributed by atoms with E-state index in [2.05, 4.69) is 24.9 Å². The molecule has 1 unspecified atom stereocenters.